The molecule has 13 heavy (non-hydrogen) atoms. The molecule has 0 spiro atoms. The number of nitrogens with zero attached hydrogens (tertiary/aromatic N) is 1. The van der Waals surface area contributed by atoms with Gasteiger partial charge in [0.25, 0.3) is 0 Å². The first-order valence-electron chi connectivity index (χ1n) is 4.72. The van der Waals surface area contributed by atoms with Gasteiger partial charge in [-0.3, -0.25) is 0 Å². The molecule has 1 aromatic heterocycles. The lowest BCUT2D eigenvalue weighted by atomic mass is 9.83. The van der Waals surface area contributed by atoms with Gasteiger partial charge in [-0.05, 0) is 31.6 Å². The summed E-state index contributed by atoms with van der Waals surface area (Å²) in [6, 6.07) is 0. The highest BCUT2D eigenvalue weighted by Crippen LogP contribution is 2.34. The second-order valence-electron chi connectivity index (χ2n) is 3.83. The summed E-state index contributed by atoms with van der Waals surface area (Å²) in [7, 11) is 0. The third-order valence-electron chi connectivity index (χ3n) is 2.76. The van der Waals surface area contributed by atoms with Crippen LogP contribution in [0.15, 0.2) is 9.21 Å². The minimum atomic E-state index is -0.270. The fourth-order valence-electron chi connectivity index (χ4n) is 1.87. The minimum Gasteiger partial charge on any atom is -0.398 e. The smallest absolute Gasteiger partial charge is 0.398 e. The van der Waals surface area contributed by atoms with Crippen molar-refractivity contribution in [2.75, 3.05) is 0 Å². The van der Waals surface area contributed by atoms with Gasteiger partial charge in [-0.25, -0.2) is 4.79 Å². The highest BCUT2D eigenvalue weighted by atomic mass is 32.1. The first-order chi connectivity index (χ1) is 6.25. The van der Waals surface area contributed by atoms with Crippen LogP contribution in [0.1, 0.15) is 44.4 Å². The van der Waals surface area contributed by atoms with E-state index in [1.54, 1.807) is 0 Å². The quantitative estimate of drug-likeness (QED) is 0.697. The van der Waals surface area contributed by atoms with Gasteiger partial charge in [0.15, 0.2) is 0 Å². The summed E-state index contributed by atoms with van der Waals surface area (Å²) < 4.78 is 9.04. The van der Waals surface area contributed by atoms with Crippen molar-refractivity contribution in [1.82, 2.24) is 4.37 Å². The van der Waals surface area contributed by atoms with Crippen molar-refractivity contribution < 1.29 is 4.42 Å². The highest BCUT2D eigenvalue weighted by molar-refractivity contribution is 7.02. The van der Waals surface area contributed by atoms with E-state index in [2.05, 4.69) is 11.3 Å². The average molecular weight is 199 g/mol. The molecule has 1 fully saturated rings. The Balaban J connectivity index is 2.06. The summed E-state index contributed by atoms with van der Waals surface area (Å²) >= 11 is 0.927. The normalized spacial score (nSPS) is 29.0. The molecule has 1 saturated carbocycles. The Bertz CT molecular complexity index is 322. The van der Waals surface area contributed by atoms with Crippen LogP contribution in [-0.4, -0.2) is 4.37 Å². The van der Waals surface area contributed by atoms with E-state index in [4.69, 9.17) is 4.42 Å². The Morgan fingerprint density at radius 1 is 1.38 bits per heavy atom. The van der Waals surface area contributed by atoms with Crippen molar-refractivity contribution in [3.05, 3.63) is 15.6 Å². The van der Waals surface area contributed by atoms with Gasteiger partial charge in [0, 0.05) is 17.5 Å². The van der Waals surface area contributed by atoms with E-state index in [1.807, 2.05) is 0 Å². The Labute approximate surface area is 80.9 Å². The molecule has 4 heteroatoms. The lowest BCUT2D eigenvalue weighted by Crippen LogP contribution is -2.11. The third-order valence-corrected chi connectivity index (χ3v) is 3.27. The van der Waals surface area contributed by atoms with Crippen molar-refractivity contribution >= 4 is 11.5 Å². The second kappa shape index (κ2) is 3.62. The van der Waals surface area contributed by atoms with Gasteiger partial charge >= 0.3 is 4.94 Å². The van der Waals surface area contributed by atoms with E-state index >= 15 is 0 Å². The summed E-state index contributed by atoms with van der Waals surface area (Å²) in [5, 5.41) is 0. The first-order valence-corrected chi connectivity index (χ1v) is 5.50. The molecule has 0 bridgehead atoms. The first kappa shape index (κ1) is 8.94. The number of hydrogen-bond acceptors (Lipinski definition) is 4. The Kier molecular flexibility index (Phi) is 2.49. The summed E-state index contributed by atoms with van der Waals surface area (Å²) in [5.41, 5.74) is 0. The van der Waals surface area contributed by atoms with Gasteiger partial charge in [0.05, 0.1) is 0 Å². The van der Waals surface area contributed by atoms with Crippen molar-refractivity contribution in [2.45, 2.75) is 38.5 Å². The lowest BCUT2D eigenvalue weighted by Gasteiger charge is -2.23. The molecule has 0 radical (unpaired) electrons. The third kappa shape index (κ3) is 1.99. The van der Waals surface area contributed by atoms with Gasteiger partial charge in [-0.15, -0.1) is 0 Å². The second-order valence-corrected chi connectivity index (χ2v) is 4.53. The fourth-order valence-corrected chi connectivity index (χ4v) is 2.34. The predicted octanol–water partition coefficient (Wildman–Crippen LogP) is 2.39. The van der Waals surface area contributed by atoms with E-state index in [0.29, 0.717) is 11.8 Å². The molecule has 0 aromatic carbocycles. The Hall–Kier alpha value is -0.640. The van der Waals surface area contributed by atoms with Crippen molar-refractivity contribution in [1.29, 1.82) is 0 Å². The van der Waals surface area contributed by atoms with Gasteiger partial charge in [0.1, 0.15) is 0 Å². The molecule has 2 rings (SSSR count). The van der Waals surface area contributed by atoms with Crippen molar-refractivity contribution in [3.63, 3.8) is 0 Å². The van der Waals surface area contributed by atoms with Crippen molar-refractivity contribution in [3.8, 4) is 0 Å². The van der Waals surface area contributed by atoms with Gasteiger partial charge in [-0.2, -0.15) is 4.37 Å². The van der Waals surface area contributed by atoms with Gasteiger partial charge < -0.3 is 4.42 Å². The van der Waals surface area contributed by atoms with Crippen LogP contribution in [0, 0.1) is 5.92 Å². The van der Waals surface area contributed by atoms with Crippen LogP contribution < -0.4 is 4.94 Å². The number of aromatic nitrogens is 1. The monoisotopic (exact) mass is 199 g/mol. The molecular weight excluding hydrogens is 186 g/mol. The van der Waals surface area contributed by atoms with E-state index in [-0.39, 0.29) is 4.94 Å². The summed E-state index contributed by atoms with van der Waals surface area (Å²) in [6.07, 6.45) is 4.69. The standard InChI is InChI=1S/C9H13NO2S/c1-6-2-4-7(5-3-6)8-10-13-9(11)12-8/h6-7H,2-5H2,1H3. The Morgan fingerprint density at radius 2 is 2.08 bits per heavy atom. The van der Waals surface area contributed by atoms with E-state index in [9.17, 15) is 4.79 Å². The predicted molar refractivity (Wildman–Crippen MR) is 51.0 cm³/mol. The Morgan fingerprint density at radius 3 is 2.62 bits per heavy atom. The number of rotatable bonds is 1. The molecule has 0 amide bonds. The molecule has 3 nitrogen and oxygen atoms in total. The molecule has 72 valence electrons. The maximum absolute atomic E-state index is 10.8. The topological polar surface area (TPSA) is 43.1 Å². The van der Waals surface area contributed by atoms with Crippen molar-refractivity contribution in [2.24, 2.45) is 5.92 Å². The number of hydrogen-bond donors (Lipinski definition) is 0. The zero-order chi connectivity index (χ0) is 9.26. The molecule has 1 aliphatic carbocycles. The lowest BCUT2D eigenvalue weighted by molar-refractivity contribution is 0.303. The molecule has 1 aliphatic rings. The minimum absolute atomic E-state index is 0.270. The summed E-state index contributed by atoms with van der Waals surface area (Å²) in [4.78, 5) is 10.5. The molecule has 1 heterocycles. The van der Waals surface area contributed by atoms with E-state index in [1.165, 1.54) is 12.8 Å². The molecule has 1 aromatic rings. The molecule has 0 saturated heterocycles. The molecule has 0 unspecified atom stereocenters. The maximum Gasteiger partial charge on any atom is 0.414 e. The van der Waals surface area contributed by atoms with Crippen LogP contribution >= 0.6 is 11.5 Å². The van der Waals surface area contributed by atoms with Gasteiger partial charge in [0.2, 0.25) is 5.89 Å². The van der Waals surface area contributed by atoms with Crippen LogP contribution in [0.3, 0.4) is 0 Å². The van der Waals surface area contributed by atoms with Crippen LogP contribution in [0.5, 0.6) is 0 Å². The molecule has 0 N–H and O–H groups in total. The fraction of sp³-hybridized carbons (Fsp3) is 0.778. The molecule has 0 aliphatic heterocycles. The zero-order valence-corrected chi connectivity index (χ0v) is 8.47. The van der Waals surface area contributed by atoms with Crippen LogP contribution in [-0.2, 0) is 0 Å². The molecule has 0 atom stereocenters. The van der Waals surface area contributed by atoms with Crippen LogP contribution in [0.2, 0.25) is 0 Å². The summed E-state index contributed by atoms with van der Waals surface area (Å²) in [5.74, 6) is 1.89. The molecular formula is C9H13NO2S. The zero-order valence-electron chi connectivity index (χ0n) is 7.66. The largest absolute Gasteiger partial charge is 0.414 e. The van der Waals surface area contributed by atoms with E-state index in [0.717, 1.165) is 30.3 Å². The van der Waals surface area contributed by atoms with Gasteiger partial charge in [-0.1, -0.05) is 6.92 Å². The maximum atomic E-state index is 10.8. The highest BCUT2D eigenvalue weighted by Gasteiger charge is 2.23. The van der Waals surface area contributed by atoms with E-state index < -0.39 is 0 Å². The average Bonchev–Trinajstić information content (AvgIpc) is 2.53. The van der Waals surface area contributed by atoms with Crippen LogP contribution in [0.4, 0.5) is 0 Å². The SMILES string of the molecule is CC1CCC(c2nsc(=O)o2)CC1. The summed E-state index contributed by atoms with van der Waals surface area (Å²) in [6.45, 7) is 2.27. The van der Waals surface area contributed by atoms with Crippen LogP contribution in [0.25, 0.3) is 0 Å².